The number of nitrogens with zero attached hydrogens (tertiary/aromatic N) is 1. The molecule has 3 amide bonds. The van der Waals surface area contributed by atoms with Gasteiger partial charge in [-0.15, -0.1) is 0 Å². The van der Waals surface area contributed by atoms with E-state index in [9.17, 15) is 19.5 Å². The minimum absolute atomic E-state index is 0.132. The minimum atomic E-state index is -1.36. The van der Waals surface area contributed by atoms with E-state index in [4.69, 9.17) is 4.74 Å². The Balaban J connectivity index is 1.87. The summed E-state index contributed by atoms with van der Waals surface area (Å²) in [7, 11) is 1.50. The van der Waals surface area contributed by atoms with Gasteiger partial charge in [-0.25, -0.2) is 0 Å². The number of carbonyl (C=O) groups excluding carboxylic acids is 3. The zero-order valence-electron chi connectivity index (χ0n) is 16.2. The van der Waals surface area contributed by atoms with E-state index in [1.807, 2.05) is 25.1 Å². The van der Waals surface area contributed by atoms with Crippen LogP contribution in [0.5, 0.6) is 0 Å². The summed E-state index contributed by atoms with van der Waals surface area (Å²) in [6, 6.07) is 4.91. The van der Waals surface area contributed by atoms with Crippen LogP contribution in [-0.2, 0) is 31.1 Å². The average Bonchev–Trinajstić information content (AvgIpc) is 3.26. The first-order chi connectivity index (χ1) is 13.4. The molecule has 2 saturated heterocycles. The number of rotatable bonds is 5. The molecule has 3 aliphatic heterocycles. The zero-order chi connectivity index (χ0) is 20.2. The maximum Gasteiger partial charge on any atom is 0.250 e. The van der Waals surface area contributed by atoms with Crippen LogP contribution in [0, 0.1) is 11.8 Å². The standard InChI is InChI=1S/C20H25N3O5/c1-4-11-6-5-7-12-16(11)21-19(27)20(12)14-13(15(22-20)10(2)24)17(25)23(18(14)26)8-9-28-3/h5-7,10,13-15,22,24H,4,8-9H2,1-3H3,(H,21,27)/t10-,13-,14-,15-,20-/m0/s1. The first-order valence-corrected chi connectivity index (χ1v) is 9.62. The SMILES string of the molecule is CCc1cccc2c1NC(=O)[C@]21N[C@@H]([C@H](C)O)[C@H]2C(=O)N(CCOC)C(=O)[C@H]21. The predicted molar refractivity (Wildman–Crippen MR) is 100 cm³/mol. The smallest absolute Gasteiger partial charge is 0.250 e. The molecular weight excluding hydrogens is 362 g/mol. The molecule has 0 aromatic heterocycles. The number of anilines is 1. The predicted octanol–water partition coefficient (Wildman–Crippen LogP) is -0.00340. The molecule has 0 saturated carbocycles. The number of imide groups is 1. The van der Waals surface area contributed by atoms with E-state index >= 15 is 0 Å². The lowest BCUT2D eigenvalue weighted by Crippen LogP contribution is -2.55. The highest BCUT2D eigenvalue weighted by atomic mass is 16.5. The molecule has 0 radical (unpaired) electrons. The lowest BCUT2D eigenvalue weighted by molar-refractivity contribution is -0.143. The normalized spacial score (nSPS) is 32.1. The van der Waals surface area contributed by atoms with Crippen LogP contribution >= 0.6 is 0 Å². The van der Waals surface area contributed by atoms with Gasteiger partial charge in [0, 0.05) is 24.4 Å². The van der Waals surface area contributed by atoms with Crippen LogP contribution in [0.3, 0.4) is 0 Å². The Hall–Kier alpha value is -2.29. The number of benzene rings is 1. The molecule has 0 bridgehead atoms. The highest BCUT2D eigenvalue weighted by molar-refractivity contribution is 6.15. The van der Waals surface area contributed by atoms with E-state index in [-0.39, 0.29) is 25.0 Å². The topological polar surface area (TPSA) is 108 Å². The fraction of sp³-hybridized carbons (Fsp3) is 0.550. The van der Waals surface area contributed by atoms with Crippen LogP contribution < -0.4 is 10.6 Å². The molecule has 28 heavy (non-hydrogen) atoms. The number of para-hydroxylation sites is 1. The van der Waals surface area contributed by atoms with Crippen LogP contribution in [0.4, 0.5) is 5.69 Å². The lowest BCUT2D eigenvalue weighted by atomic mass is 9.76. The Labute approximate surface area is 163 Å². The summed E-state index contributed by atoms with van der Waals surface area (Å²) >= 11 is 0. The van der Waals surface area contributed by atoms with Gasteiger partial charge in [-0.3, -0.25) is 24.6 Å². The van der Waals surface area contributed by atoms with Gasteiger partial charge >= 0.3 is 0 Å². The molecular formula is C20H25N3O5. The summed E-state index contributed by atoms with van der Waals surface area (Å²) in [5.41, 5.74) is 0.976. The summed E-state index contributed by atoms with van der Waals surface area (Å²) in [5, 5.41) is 16.5. The molecule has 1 aromatic carbocycles. The first kappa shape index (κ1) is 19.0. The van der Waals surface area contributed by atoms with Crippen LogP contribution in [0.2, 0.25) is 0 Å². The molecule has 0 unspecified atom stereocenters. The Morgan fingerprint density at radius 1 is 1.29 bits per heavy atom. The number of aryl methyl sites for hydroxylation is 1. The molecule has 3 N–H and O–H groups in total. The molecule has 2 fully saturated rings. The van der Waals surface area contributed by atoms with Crippen molar-refractivity contribution in [1.82, 2.24) is 10.2 Å². The molecule has 8 heteroatoms. The number of carbonyl (C=O) groups is 3. The highest BCUT2D eigenvalue weighted by Crippen LogP contribution is 2.53. The number of aliphatic hydroxyl groups is 1. The largest absolute Gasteiger partial charge is 0.392 e. The number of hydrogen-bond acceptors (Lipinski definition) is 6. The molecule has 150 valence electrons. The summed E-state index contributed by atoms with van der Waals surface area (Å²) in [6.07, 6.45) is -0.183. The van der Waals surface area contributed by atoms with Gasteiger partial charge in [0.25, 0.3) is 0 Å². The molecule has 1 spiro atoms. The highest BCUT2D eigenvalue weighted by Gasteiger charge is 2.71. The number of fused-ring (bicyclic) bond motifs is 4. The van der Waals surface area contributed by atoms with Gasteiger partial charge in [0.1, 0.15) is 5.54 Å². The Bertz CT molecular complexity index is 854. The second-order valence-corrected chi connectivity index (χ2v) is 7.69. The molecule has 1 aromatic rings. The molecule has 0 aliphatic carbocycles. The number of methoxy groups -OCH3 is 1. The summed E-state index contributed by atoms with van der Waals surface area (Å²) in [4.78, 5) is 40.8. The van der Waals surface area contributed by atoms with Crippen molar-refractivity contribution in [3.63, 3.8) is 0 Å². The third-order valence-corrected chi connectivity index (χ3v) is 6.28. The number of nitrogens with one attached hydrogen (secondary N) is 2. The van der Waals surface area contributed by atoms with Crippen molar-refractivity contribution in [3.8, 4) is 0 Å². The Morgan fingerprint density at radius 2 is 2.04 bits per heavy atom. The van der Waals surface area contributed by atoms with Gasteiger partial charge in [0.15, 0.2) is 0 Å². The van der Waals surface area contributed by atoms with Crippen molar-refractivity contribution >= 4 is 23.4 Å². The van der Waals surface area contributed by atoms with Crippen molar-refractivity contribution in [2.45, 2.75) is 38.0 Å². The maximum absolute atomic E-state index is 13.3. The van der Waals surface area contributed by atoms with Gasteiger partial charge in [0.05, 0.1) is 31.1 Å². The second-order valence-electron chi connectivity index (χ2n) is 7.69. The maximum atomic E-state index is 13.3. The lowest BCUT2D eigenvalue weighted by Gasteiger charge is -2.30. The van der Waals surface area contributed by atoms with Crippen LogP contribution in [0.15, 0.2) is 18.2 Å². The van der Waals surface area contributed by atoms with E-state index in [0.717, 1.165) is 12.0 Å². The zero-order valence-corrected chi connectivity index (χ0v) is 16.2. The quantitative estimate of drug-likeness (QED) is 0.614. The third-order valence-electron chi connectivity index (χ3n) is 6.28. The summed E-state index contributed by atoms with van der Waals surface area (Å²) in [6.45, 7) is 3.92. The second kappa shape index (κ2) is 6.65. The Morgan fingerprint density at radius 3 is 2.68 bits per heavy atom. The fourth-order valence-electron chi connectivity index (χ4n) is 4.99. The number of ether oxygens (including phenoxy) is 1. The van der Waals surface area contributed by atoms with Gasteiger partial charge in [0.2, 0.25) is 17.7 Å². The molecule has 5 atom stereocenters. The van der Waals surface area contributed by atoms with Crippen LogP contribution in [-0.4, -0.2) is 60.1 Å². The van der Waals surface area contributed by atoms with Crippen molar-refractivity contribution in [1.29, 1.82) is 0 Å². The number of amides is 3. The van der Waals surface area contributed by atoms with Gasteiger partial charge in [-0.1, -0.05) is 25.1 Å². The van der Waals surface area contributed by atoms with E-state index in [2.05, 4.69) is 10.6 Å². The molecule has 3 aliphatic rings. The van der Waals surface area contributed by atoms with Crippen molar-refractivity contribution in [2.24, 2.45) is 11.8 Å². The van der Waals surface area contributed by atoms with E-state index in [0.29, 0.717) is 11.3 Å². The Kier molecular flexibility index (Phi) is 4.52. The number of likely N-dealkylation sites (tertiary alicyclic amines) is 1. The molecule has 4 rings (SSSR count). The van der Waals surface area contributed by atoms with E-state index in [1.54, 1.807) is 6.92 Å². The fourth-order valence-corrected chi connectivity index (χ4v) is 4.99. The monoisotopic (exact) mass is 387 g/mol. The van der Waals surface area contributed by atoms with Crippen molar-refractivity contribution < 1.29 is 24.2 Å². The van der Waals surface area contributed by atoms with Gasteiger partial charge < -0.3 is 15.2 Å². The number of hydrogen-bond donors (Lipinski definition) is 3. The van der Waals surface area contributed by atoms with Crippen molar-refractivity contribution in [3.05, 3.63) is 29.3 Å². The third kappa shape index (κ3) is 2.31. The summed E-state index contributed by atoms with van der Waals surface area (Å²) in [5.74, 6) is -2.81. The number of aliphatic hydroxyl groups excluding tert-OH is 1. The van der Waals surface area contributed by atoms with Gasteiger partial charge in [-0.05, 0) is 18.9 Å². The van der Waals surface area contributed by atoms with Crippen molar-refractivity contribution in [2.75, 3.05) is 25.6 Å². The van der Waals surface area contributed by atoms with E-state index < -0.39 is 35.4 Å². The first-order valence-electron chi connectivity index (χ1n) is 9.62. The summed E-state index contributed by atoms with van der Waals surface area (Å²) < 4.78 is 5.03. The van der Waals surface area contributed by atoms with Gasteiger partial charge in [-0.2, -0.15) is 0 Å². The van der Waals surface area contributed by atoms with Crippen LogP contribution in [0.1, 0.15) is 25.0 Å². The minimum Gasteiger partial charge on any atom is -0.392 e. The van der Waals surface area contributed by atoms with Crippen LogP contribution in [0.25, 0.3) is 0 Å². The van der Waals surface area contributed by atoms with E-state index in [1.165, 1.54) is 12.0 Å². The molecule has 8 nitrogen and oxygen atoms in total. The average molecular weight is 387 g/mol. The molecule has 3 heterocycles.